The zero-order valence-electron chi connectivity index (χ0n) is 19.6. The molecule has 4 aromatic rings. The van der Waals surface area contributed by atoms with E-state index in [4.69, 9.17) is 9.72 Å². The summed E-state index contributed by atoms with van der Waals surface area (Å²) in [7, 11) is -1.05. The lowest BCUT2D eigenvalue weighted by atomic mass is 9.70. The molecule has 0 aliphatic carbocycles. The van der Waals surface area contributed by atoms with Gasteiger partial charge in [0.15, 0.2) is 0 Å². The number of carbonyl (C=O) groups excluding carboxylic acids is 1. The van der Waals surface area contributed by atoms with Gasteiger partial charge in [0.2, 0.25) is 22.8 Å². The Kier molecular flexibility index (Phi) is 5.94. The Labute approximate surface area is 209 Å². The van der Waals surface area contributed by atoms with Crippen LogP contribution in [0, 0.1) is 12.3 Å². The summed E-state index contributed by atoms with van der Waals surface area (Å²) in [5.41, 5.74) is 4.71. The first-order valence-electron chi connectivity index (χ1n) is 10.9. The molecule has 0 spiro atoms. The van der Waals surface area contributed by atoms with Crippen LogP contribution in [0.1, 0.15) is 36.6 Å². The molecule has 0 saturated heterocycles. The van der Waals surface area contributed by atoms with Crippen molar-refractivity contribution in [3.8, 4) is 23.0 Å². The molecular formula is C25H23N5O3S2. The van der Waals surface area contributed by atoms with Crippen molar-refractivity contribution in [1.29, 1.82) is 0 Å². The smallest absolute Gasteiger partial charge is 0.232 e. The number of anilines is 1. The van der Waals surface area contributed by atoms with Crippen molar-refractivity contribution in [3.63, 3.8) is 0 Å². The Morgan fingerprint density at radius 3 is 2.37 bits per heavy atom. The molecule has 1 aliphatic heterocycles. The summed E-state index contributed by atoms with van der Waals surface area (Å²) in [5, 5.41) is 11.1. The SMILES string of the molecule is Cc1ccc2c(n1)Oc1nc(-c3ccc(S(C)=O)cc3)ccc1C2C(C)(C)C(=O)Nc1nncs1. The summed E-state index contributed by atoms with van der Waals surface area (Å²) in [5.74, 6) is 0.318. The number of aryl methyl sites for hydroxylation is 1. The summed E-state index contributed by atoms with van der Waals surface area (Å²) >= 11 is 1.27. The molecule has 0 fully saturated rings. The monoisotopic (exact) mass is 505 g/mol. The van der Waals surface area contributed by atoms with Crippen molar-refractivity contribution < 1.29 is 13.7 Å². The normalized spacial score (nSPS) is 15.5. The highest BCUT2D eigenvalue weighted by Crippen LogP contribution is 2.51. The van der Waals surface area contributed by atoms with E-state index in [0.717, 1.165) is 27.3 Å². The van der Waals surface area contributed by atoms with Gasteiger partial charge in [-0.25, -0.2) is 9.97 Å². The zero-order chi connectivity index (χ0) is 24.7. The van der Waals surface area contributed by atoms with Crippen LogP contribution >= 0.6 is 11.3 Å². The van der Waals surface area contributed by atoms with Crippen LogP contribution in [0.4, 0.5) is 5.13 Å². The molecule has 5 rings (SSSR count). The van der Waals surface area contributed by atoms with Crippen molar-refractivity contribution in [2.75, 3.05) is 11.6 Å². The molecule has 10 heteroatoms. The summed E-state index contributed by atoms with van der Waals surface area (Å²) < 4.78 is 17.9. The number of amides is 1. The molecule has 1 N–H and O–H groups in total. The van der Waals surface area contributed by atoms with E-state index < -0.39 is 16.2 Å². The standard InChI is InChI=1S/C25H23N5O3S2/c1-14-5-10-17-20(25(2,3)23(31)29-24-30-26-13-34-24)18-11-12-19(28-22(18)33-21(17)27-14)15-6-8-16(9-7-15)35(4)32/h5-13,20H,1-4H3,(H,29,30,31). The van der Waals surface area contributed by atoms with Gasteiger partial charge >= 0.3 is 0 Å². The van der Waals surface area contributed by atoms with Crippen molar-refractivity contribution >= 4 is 33.2 Å². The minimum atomic E-state index is -1.05. The number of aromatic nitrogens is 4. The number of benzene rings is 1. The van der Waals surface area contributed by atoms with E-state index in [1.807, 2.05) is 69.3 Å². The van der Waals surface area contributed by atoms with E-state index in [2.05, 4.69) is 20.5 Å². The van der Waals surface area contributed by atoms with Gasteiger partial charge in [0.1, 0.15) is 5.51 Å². The molecular weight excluding hydrogens is 482 g/mol. The first-order chi connectivity index (χ1) is 16.7. The van der Waals surface area contributed by atoms with Crippen LogP contribution in [-0.2, 0) is 15.6 Å². The number of ether oxygens (including phenoxy) is 1. The highest BCUT2D eigenvalue weighted by atomic mass is 32.2. The third-order valence-electron chi connectivity index (χ3n) is 6.10. The maximum Gasteiger partial charge on any atom is 0.232 e. The van der Waals surface area contributed by atoms with E-state index in [-0.39, 0.29) is 11.8 Å². The largest absolute Gasteiger partial charge is 0.420 e. The van der Waals surface area contributed by atoms with Crippen molar-refractivity contribution in [2.24, 2.45) is 5.41 Å². The van der Waals surface area contributed by atoms with Crippen LogP contribution in [0.3, 0.4) is 0 Å². The third-order valence-corrected chi connectivity index (χ3v) is 7.65. The molecule has 4 heterocycles. The Hall–Kier alpha value is -3.50. The topological polar surface area (TPSA) is 107 Å². The number of rotatable bonds is 5. The fourth-order valence-corrected chi connectivity index (χ4v) is 5.19. The summed E-state index contributed by atoms with van der Waals surface area (Å²) in [6.07, 6.45) is 1.65. The molecule has 0 saturated carbocycles. The molecule has 1 amide bonds. The first kappa shape index (κ1) is 23.3. The number of nitrogens with zero attached hydrogens (tertiary/aromatic N) is 4. The number of nitrogens with one attached hydrogen (secondary N) is 1. The van der Waals surface area contributed by atoms with Crippen LogP contribution in [-0.4, -0.2) is 36.5 Å². The Bertz CT molecular complexity index is 1440. The van der Waals surface area contributed by atoms with Gasteiger partial charge in [-0.15, -0.1) is 10.2 Å². The molecule has 0 radical (unpaired) electrons. The fraction of sp³-hybridized carbons (Fsp3) is 0.240. The molecule has 2 unspecified atom stereocenters. The van der Waals surface area contributed by atoms with Crippen molar-refractivity contribution in [1.82, 2.24) is 20.2 Å². The van der Waals surface area contributed by atoms with Gasteiger partial charge in [-0.3, -0.25) is 9.00 Å². The summed E-state index contributed by atoms with van der Waals surface area (Å²) in [6.45, 7) is 5.68. The van der Waals surface area contributed by atoms with Gasteiger partial charge in [0, 0.05) is 50.3 Å². The van der Waals surface area contributed by atoms with Gasteiger partial charge in [-0.1, -0.05) is 49.4 Å². The number of pyridine rings is 2. The molecule has 8 nitrogen and oxygen atoms in total. The molecule has 35 heavy (non-hydrogen) atoms. The van der Waals surface area contributed by atoms with Crippen LogP contribution in [0.5, 0.6) is 11.8 Å². The van der Waals surface area contributed by atoms with Crippen LogP contribution in [0.15, 0.2) is 58.9 Å². The summed E-state index contributed by atoms with van der Waals surface area (Å²) in [4.78, 5) is 23.6. The zero-order valence-corrected chi connectivity index (χ0v) is 21.2. The average Bonchev–Trinajstić information content (AvgIpc) is 3.35. The van der Waals surface area contributed by atoms with Gasteiger partial charge in [-0.2, -0.15) is 0 Å². The maximum atomic E-state index is 13.4. The third kappa shape index (κ3) is 4.35. The molecule has 178 valence electrons. The number of fused-ring (bicyclic) bond motifs is 2. The Morgan fingerprint density at radius 2 is 1.71 bits per heavy atom. The maximum absolute atomic E-state index is 13.4. The fourth-order valence-electron chi connectivity index (χ4n) is 4.23. The minimum absolute atomic E-state index is 0.189. The lowest BCUT2D eigenvalue weighted by molar-refractivity contribution is -0.124. The molecule has 2 atom stereocenters. The predicted octanol–water partition coefficient (Wildman–Crippen LogP) is 4.94. The lowest BCUT2D eigenvalue weighted by Crippen LogP contribution is -2.38. The van der Waals surface area contributed by atoms with Crippen molar-refractivity contribution in [2.45, 2.75) is 31.6 Å². The van der Waals surface area contributed by atoms with E-state index in [1.54, 1.807) is 11.8 Å². The highest BCUT2D eigenvalue weighted by molar-refractivity contribution is 7.84. The Balaban J connectivity index is 1.58. The van der Waals surface area contributed by atoms with Crippen LogP contribution < -0.4 is 10.1 Å². The minimum Gasteiger partial charge on any atom is -0.420 e. The first-order valence-corrected chi connectivity index (χ1v) is 13.4. The predicted molar refractivity (Wildman–Crippen MR) is 135 cm³/mol. The average molecular weight is 506 g/mol. The molecule has 3 aromatic heterocycles. The van der Waals surface area contributed by atoms with E-state index >= 15 is 0 Å². The number of hydrogen-bond acceptors (Lipinski definition) is 8. The van der Waals surface area contributed by atoms with E-state index in [0.29, 0.717) is 22.6 Å². The van der Waals surface area contributed by atoms with Crippen molar-refractivity contribution in [3.05, 3.63) is 70.9 Å². The highest BCUT2D eigenvalue weighted by Gasteiger charge is 2.45. The second-order valence-corrected chi connectivity index (χ2v) is 11.1. The quantitative estimate of drug-likeness (QED) is 0.409. The molecule has 1 aliphatic rings. The Morgan fingerprint density at radius 1 is 1.03 bits per heavy atom. The van der Waals surface area contributed by atoms with E-state index in [1.165, 1.54) is 11.3 Å². The van der Waals surface area contributed by atoms with Crippen LogP contribution in [0.25, 0.3) is 11.3 Å². The van der Waals surface area contributed by atoms with Crippen LogP contribution in [0.2, 0.25) is 0 Å². The second kappa shape index (κ2) is 8.94. The lowest BCUT2D eigenvalue weighted by Gasteiger charge is -2.37. The molecule has 0 bridgehead atoms. The van der Waals surface area contributed by atoms with E-state index in [9.17, 15) is 9.00 Å². The van der Waals surface area contributed by atoms with Gasteiger partial charge < -0.3 is 10.1 Å². The number of carbonyl (C=O) groups is 1. The van der Waals surface area contributed by atoms with Gasteiger partial charge in [0.05, 0.1) is 11.1 Å². The van der Waals surface area contributed by atoms with Gasteiger partial charge in [0.25, 0.3) is 0 Å². The van der Waals surface area contributed by atoms with Gasteiger partial charge in [-0.05, 0) is 31.2 Å². The summed E-state index contributed by atoms with van der Waals surface area (Å²) in [6, 6.07) is 15.2. The molecule has 1 aromatic carbocycles. The second-order valence-electron chi connectivity index (χ2n) is 8.87. The number of hydrogen-bond donors (Lipinski definition) is 1.